The Bertz CT molecular complexity index is 572. The number of carbonyl (C=O) groups excluding carboxylic acids is 1. The number of aromatic nitrogens is 1. The molecule has 1 aromatic rings. The SMILES string of the molecule is CC(C)(C)c1cc(NC(=O)N2CCC(C(O)C(F)(F)F)CC2)no1. The van der Waals surface area contributed by atoms with Crippen LogP contribution in [0.25, 0.3) is 0 Å². The van der Waals surface area contributed by atoms with Crippen molar-refractivity contribution in [1.29, 1.82) is 0 Å². The number of aliphatic hydroxyl groups is 1. The molecule has 1 aliphatic heterocycles. The van der Waals surface area contributed by atoms with Gasteiger partial charge in [0.05, 0.1) is 0 Å². The van der Waals surface area contributed by atoms with Crippen molar-refractivity contribution in [1.82, 2.24) is 10.1 Å². The van der Waals surface area contributed by atoms with Crippen LogP contribution in [0.15, 0.2) is 10.6 Å². The number of hydrogen-bond acceptors (Lipinski definition) is 4. The molecular weight excluding hydrogens is 327 g/mol. The predicted octanol–water partition coefficient (Wildman–Crippen LogP) is 3.14. The molecule has 2 heterocycles. The molecule has 9 heteroatoms. The summed E-state index contributed by atoms with van der Waals surface area (Å²) in [6, 6.07) is 1.18. The van der Waals surface area contributed by atoms with E-state index < -0.39 is 24.2 Å². The molecule has 2 amide bonds. The number of rotatable bonds is 2. The highest BCUT2D eigenvalue weighted by molar-refractivity contribution is 5.88. The molecule has 0 radical (unpaired) electrons. The summed E-state index contributed by atoms with van der Waals surface area (Å²) >= 11 is 0. The Balaban J connectivity index is 1.88. The quantitative estimate of drug-likeness (QED) is 0.860. The van der Waals surface area contributed by atoms with Gasteiger partial charge in [-0.05, 0) is 18.8 Å². The summed E-state index contributed by atoms with van der Waals surface area (Å²) in [5, 5.41) is 15.6. The van der Waals surface area contributed by atoms with Crippen molar-refractivity contribution in [2.75, 3.05) is 18.4 Å². The normalized spacial score (nSPS) is 18.5. The number of amides is 2. The smallest absolute Gasteiger partial charge is 0.383 e. The van der Waals surface area contributed by atoms with Crippen LogP contribution in [0.5, 0.6) is 0 Å². The number of anilines is 1. The Labute approximate surface area is 138 Å². The Hall–Kier alpha value is -1.77. The van der Waals surface area contributed by atoms with Crippen molar-refractivity contribution < 1.29 is 27.6 Å². The first kappa shape index (κ1) is 18.6. The van der Waals surface area contributed by atoms with Crippen LogP contribution in [0, 0.1) is 5.92 Å². The molecular formula is C15H22F3N3O3. The zero-order valence-corrected chi connectivity index (χ0v) is 13.9. The highest BCUT2D eigenvalue weighted by Crippen LogP contribution is 2.31. The Kier molecular flexibility index (Phi) is 5.12. The van der Waals surface area contributed by atoms with Gasteiger partial charge in [0.2, 0.25) is 0 Å². The molecule has 0 spiro atoms. The van der Waals surface area contributed by atoms with Crippen molar-refractivity contribution in [3.05, 3.63) is 11.8 Å². The molecule has 1 atom stereocenters. The van der Waals surface area contributed by atoms with E-state index in [0.717, 1.165) is 0 Å². The van der Waals surface area contributed by atoms with E-state index in [1.54, 1.807) is 6.07 Å². The van der Waals surface area contributed by atoms with Gasteiger partial charge < -0.3 is 14.5 Å². The number of piperidine rings is 1. The molecule has 1 saturated heterocycles. The van der Waals surface area contributed by atoms with Crippen LogP contribution in [0.1, 0.15) is 39.4 Å². The van der Waals surface area contributed by atoms with Gasteiger partial charge in [0.15, 0.2) is 11.9 Å². The first-order valence-electron chi connectivity index (χ1n) is 7.76. The number of alkyl halides is 3. The summed E-state index contributed by atoms with van der Waals surface area (Å²) < 4.78 is 42.7. The third kappa shape index (κ3) is 4.40. The second-order valence-electron chi connectivity index (χ2n) is 7.07. The van der Waals surface area contributed by atoms with Gasteiger partial charge >= 0.3 is 12.2 Å². The van der Waals surface area contributed by atoms with Crippen LogP contribution in [-0.2, 0) is 5.41 Å². The van der Waals surface area contributed by atoms with Crippen molar-refractivity contribution >= 4 is 11.8 Å². The lowest BCUT2D eigenvalue weighted by atomic mass is 9.91. The van der Waals surface area contributed by atoms with Crippen LogP contribution >= 0.6 is 0 Å². The van der Waals surface area contributed by atoms with Crippen molar-refractivity contribution in [2.45, 2.75) is 51.3 Å². The first-order chi connectivity index (χ1) is 11.0. The van der Waals surface area contributed by atoms with Crippen LogP contribution in [0.4, 0.5) is 23.8 Å². The molecule has 24 heavy (non-hydrogen) atoms. The minimum atomic E-state index is -4.63. The third-order valence-electron chi connectivity index (χ3n) is 4.09. The van der Waals surface area contributed by atoms with Crippen LogP contribution in [0.2, 0.25) is 0 Å². The van der Waals surface area contributed by atoms with Gasteiger partial charge in [0.25, 0.3) is 0 Å². The van der Waals surface area contributed by atoms with Crippen LogP contribution in [-0.4, -0.2) is 46.6 Å². The molecule has 0 aliphatic carbocycles. The van der Waals surface area contributed by atoms with Gasteiger partial charge in [-0.25, -0.2) is 4.79 Å². The standard InChI is InChI=1S/C15H22F3N3O3/c1-14(2,3)10-8-11(20-24-10)19-13(23)21-6-4-9(5-7-21)12(22)15(16,17)18/h8-9,12,22H,4-7H2,1-3H3,(H,19,20,23). The molecule has 1 unspecified atom stereocenters. The highest BCUT2D eigenvalue weighted by Gasteiger charge is 2.44. The molecule has 136 valence electrons. The number of nitrogens with one attached hydrogen (secondary N) is 1. The van der Waals surface area contributed by atoms with Gasteiger partial charge in [-0.15, -0.1) is 0 Å². The van der Waals surface area contributed by atoms with Crippen LogP contribution < -0.4 is 5.32 Å². The Morgan fingerprint density at radius 2 is 1.96 bits per heavy atom. The maximum absolute atomic E-state index is 12.5. The average Bonchev–Trinajstić information content (AvgIpc) is 2.94. The molecule has 0 aromatic carbocycles. The largest absolute Gasteiger partial charge is 0.414 e. The molecule has 1 fully saturated rings. The maximum Gasteiger partial charge on any atom is 0.414 e. The molecule has 2 rings (SSSR count). The summed E-state index contributed by atoms with van der Waals surface area (Å²) in [6.45, 7) is 6.11. The fraction of sp³-hybridized carbons (Fsp3) is 0.733. The van der Waals surface area contributed by atoms with E-state index in [2.05, 4.69) is 10.5 Å². The number of hydrogen-bond donors (Lipinski definition) is 2. The molecule has 0 bridgehead atoms. The second kappa shape index (κ2) is 6.62. The van der Waals surface area contributed by atoms with Gasteiger partial charge in [-0.1, -0.05) is 25.9 Å². The van der Waals surface area contributed by atoms with E-state index >= 15 is 0 Å². The van der Waals surface area contributed by atoms with E-state index in [4.69, 9.17) is 4.52 Å². The van der Waals surface area contributed by atoms with E-state index in [0.29, 0.717) is 5.76 Å². The number of likely N-dealkylation sites (tertiary alicyclic amines) is 1. The van der Waals surface area contributed by atoms with E-state index in [1.807, 2.05) is 20.8 Å². The lowest BCUT2D eigenvalue weighted by Gasteiger charge is -2.34. The Morgan fingerprint density at radius 3 is 2.42 bits per heavy atom. The van der Waals surface area contributed by atoms with Gasteiger partial charge in [0.1, 0.15) is 5.76 Å². The predicted molar refractivity (Wildman–Crippen MR) is 80.6 cm³/mol. The number of urea groups is 1. The summed E-state index contributed by atoms with van der Waals surface area (Å²) in [4.78, 5) is 13.6. The van der Waals surface area contributed by atoms with E-state index in [1.165, 1.54) is 4.90 Å². The fourth-order valence-corrected chi connectivity index (χ4v) is 2.56. The number of nitrogens with zero attached hydrogens (tertiary/aromatic N) is 2. The summed E-state index contributed by atoms with van der Waals surface area (Å²) in [5.74, 6) is 0.000718. The third-order valence-corrected chi connectivity index (χ3v) is 4.09. The van der Waals surface area contributed by atoms with Crippen molar-refractivity contribution in [3.8, 4) is 0 Å². The average molecular weight is 349 g/mol. The first-order valence-corrected chi connectivity index (χ1v) is 7.76. The van der Waals surface area contributed by atoms with E-state index in [-0.39, 0.29) is 37.2 Å². The van der Waals surface area contributed by atoms with Gasteiger partial charge in [-0.2, -0.15) is 13.2 Å². The summed E-state index contributed by atoms with van der Waals surface area (Å²) in [7, 11) is 0. The Morgan fingerprint density at radius 1 is 1.38 bits per heavy atom. The monoisotopic (exact) mass is 349 g/mol. The zero-order chi connectivity index (χ0) is 18.1. The maximum atomic E-state index is 12.5. The second-order valence-corrected chi connectivity index (χ2v) is 7.07. The molecule has 6 nitrogen and oxygen atoms in total. The lowest BCUT2D eigenvalue weighted by molar-refractivity contribution is -0.222. The van der Waals surface area contributed by atoms with E-state index in [9.17, 15) is 23.1 Å². The number of aliphatic hydroxyl groups excluding tert-OH is 1. The number of halogens is 3. The molecule has 2 N–H and O–H groups in total. The van der Waals surface area contributed by atoms with Crippen LogP contribution in [0.3, 0.4) is 0 Å². The minimum Gasteiger partial charge on any atom is -0.383 e. The lowest BCUT2D eigenvalue weighted by Crippen LogP contribution is -2.46. The summed E-state index contributed by atoms with van der Waals surface area (Å²) in [6.07, 6.45) is -6.77. The topological polar surface area (TPSA) is 78.6 Å². The van der Waals surface area contributed by atoms with Crippen molar-refractivity contribution in [3.63, 3.8) is 0 Å². The summed E-state index contributed by atoms with van der Waals surface area (Å²) in [5.41, 5.74) is -0.248. The molecule has 1 aromatic heterocycles. The zero-order valence-electron chi connectivity index (χ0n) is 13.9. The van der Waals surface area contributed by atoms with Crippen molar-refractivity contribution in [2.24, 2.45) is 5.92 Å². The highest BCUT2D eigenvalue weighted by atomic mass is 19.4. The molecule has 1 aliphatic rings. The van der Waals surface area contributed by atoms with Gasteiger partial charge in [-0.3, -0.25) is 5.32 Å². The molecule has 0 saturated carbocycles. The number of carbonyl (C=O) groups is 1. The van der Waals surface area contributed by atoms with Gasteiger partial charge in [0, 0.05) is 24.6 Å². The minimum absolute atomic E-state index is 0.0974. The fourth-order valence-electron chi connectivity index (χ4n) is 2.56.